The van der Waals surface area contributed by atoms with Gasteiger partial charge in [-0.15, -0.1) is 0 Å². The Labute approximate surface area is 257 Å². The highest BCUT2D eigenvalue weighted by Gasteiger charge is 2.50. The van der Waals surface area contributed by atoms with Crippen LogP contribution in [0.15, 0.2) is 121 Å². The SMILES string of the molecule is CC(=O)N[C@@H]1OC(COCc2ccccc2)[C@H](OCc2ccccc2)C(OCc2ccccc2)C1OC(=O)c1ccccc1. The molecule has 1 N–H and O–H groups in total. The van der Waals surface area contributed by atoms with E-state index in [9.17, 15) is 9.59 Å². The largest absolute Gasteiger partial charge is 0.451 e. The molecule has 8 nitrogen and oxygen atoms in total. The van der Waals surface area contributed by atoms with Gasteiger partial charge in [0.1, 0.15) is 18.3 Å². The Morgan fingerprint density at radius 2 is 1.11 bits per heavy atom. The zero-order chi connectivity index (χ0) is 30.6. The predicted octanol–water partition coefficient (Wildman–Crippen LogP) is 5.46. The van der Waals surface area contributed by atoms with Gasteiger partial charge < -0.3 is 29.0 Å². The van der Waals surface area contributed by atoms with Gasteiger partial charge in [0.05, 0.1) is 32.0 Å². The first-order chi connectivity index (χ1) is 21.6. The number of amides is 1. The fourth-order valence-corrected chi connectivity index (χ4v) is 5.05. The lowest BCUT2D eigenvalue weighted by molar-refractivity contribution is -0.265. The first kappa shape index (κ1) is 31.1. The molecule has 0 aliphatic carbocycles. The molecule has 0 bridgehead atoms. The van der Waals surface area contributed by atoms with E-state index in [-0.39, 0.29) is 25.7 Å². The van der Waals surface area contributed by atoms with Crippen LogP contribution in [-0.2, 0) is 48.3 Å². The summed E-state index contributed by atoms with van der Waals surface area (Å²) in [5.74, 6) is -0.909. The first-order valence-corrected chi connectivity index (χ1v) is 14.7. The zero-order valence-electron chi connectivity index (χ0n) is 24.6. The molecule has 44 heavy (non-hydrogen) atoms. The number of carbonyl (C=O) groups excluding carboxylic acids is 2. The Hall–Kier alpha value is -4.34. The summed E-state index contributed by atoms with van der Waals surface area (Å²) < 4.78 is 31.7. The van der Waals surface area contributed by atoms with Crippen molar-refractivity contribution in [1.29, 1.82) is 0 Å². The topological polar surface area (TPSA) is 92.3 Å². The lowest BCUT2D eigenvalue weighted by atomic mass is 9.96. The maximum absolute atomic E-state index is 13.3. The van der Waals surface area contributed by atoms with Gasteiger partial charge in [-0.3, -0.25) is 4.79 Å². The summed E-state index contributed by atoms with van der Waals surface area (Å²) in [4.78, 5) is 25.7. The molecule has 0 saturated carbocycles. The maximum Gasteiger partial charge on any atom is 0.338 e. The average Bonchev–Trinajstić information content (AvgIpc) is 3.06. The summed E-state index contributed by atoms with van der Waals surface area (Å²) in [6, 6.07) is 38.0. The minimum atomic E-state index is -1.03. The molecule has 0 spiro atoms. The van der Waals surface area contributed by atoms with E-state index in [2.05, 4.69) is 5.32 Å². The number of nitrogens with one attached hydrogen (secondary N) is 1. The molecule has 0 aromatic heterocycles. The van der Waals surface area contributed by atoms with Crippen LogP contribution in [0, 0.1) is 0 Å². The van der Waals surface area contributed by atoms with Crippen LogP contribution in [0.2, 0.25) is 0 Å². The molecule has 4 aromatic rings. The van der Waals surface area contributed by atoms with Gasteiger partial charge in [-0.25, -0.2) is 4.79 Å². The minimum absolute atomic E-state index is 0.148. The standard InChI is InChI=1S/C36H37NO7/c1-26(38)37-35-34(44-36(39)30-20-12-5-13-21-30)33(42-24-29-18-10-4-11-19-29)32(41-23-28-16-8-3-9-17-28)31(43-35)25-40-22-27-14-6-2-7-15-27/h2-21,31-35H,22-25H2,1H3,(H,37,38)/t31?,32-,33?,34?,35+/m0/s1. The number of hydrogen-bond donors (Lipinski definition) is 1. The highest BCUT2D eigenvalue weighted by Crippen LogP contribution is 2.30. The summed E-state index contributed by atoms with van der Waals surface area (Å²) in [5.41, 5.74) is 3.27. The summed E-state index contributed by atoms with van der Waals surface area (Å²) in [5, 5.41) is 2.82. The van der Waals surface area contributed by atoms with Crippen LogP contribution in [-0.4, -0.2) is 49.1 Å². The van der Waals surface area contributed by atoms with E-state index >= 15 is 0 Å². The van der Waals surface area contributed by atoms with Crippen LogP contribution in [0.5, 0.6) is 0 Å². The molecule has 1 amide bonds. The van der Waals surface area contributed by atoms with Crippen molar-refractivity contribution in [2.45, 2.75) is 57.4 Å². The average molecular weight is 596 g/mol. The summed E-state index contributed by atoms with van der Waals surface area (Å²) in [7, 11) is 0. The van der Waals surface area contributed by atoms with E-state index in [0.29, 0.717) is 12.2 Å². The smallest absolute Gasteiger partial charge is 0.338 e. The van der Waals surface area contributed by atoms with Crippen molar-refractivity contribution in [3.05, 3.63) is 144 Å². The van der Waals surface area contributed by atoms with E-state index in [1.54, 1.807) is 24.3 Å². The van der Waals surface area contributed by atoms with E-state index in [1.807, 2.05) is 97.1 Å². The monoisotopic (exact) mass is 595 g/mol. The van der Waals surface area contributed by atoms with Gasteiger partial charge in [-0.1, -0.05) is 109 Å². The third-order valence-electron chi connectivity index (χ3n) is 7.20. The van der Waals surface area contributed by atoms with E-state index in [0.717, 1.165) is 16.7 Å². The fraction of sp³-hybridized carbons (Fsp3) is 0.278. The Balaban J connectivity index is 1.45. The van der Waals surface area contributed by atoms with Gasteiger partial charge in [-0.05, 0) is 28.8 Å². The van der Waals surface area contributed by atoms with Crippen LogP contribution in [0.1, 0.15) is 34.0 Å². The van der Waals surface area contributed by atoms with Gasteiger partial charge in [-0.2, -0.15) is 0 Å². The molecule has 5 rings (SSSR count). The molecule has 4 aromatic carbocycles. The fourth-order valence-electron chi connectivity index (χ4n) is 5.05. The molecule has 3 unspecified atom stereocenters. The van der Waals surface area contributed by atoms with Crippen molar-refractivity contribution in [3.63, 3.8) is 0 Å². The van der Waals surface area contributed by atoms with Gasteiger partial charge in [0.15, 0.2) is 12.3 Å². The Morgan fingerprint density at radius 3 is 1.64 bits per heavy atom. The second kappa shape index (κ2) is 15.9. The van der Waals surface area contributed by atoms with Crippen molar-refractivity contribution in [1.82, 2.24) is 5.32 Å². The molecular weight excluding hydrogens is 558 g/mol. The van der Waals surface area contributed by atoms with Crippen molar-refractivity contribution >= 4 is 11.9 Å². The summed E-state index contributed by atoms with van der Waals surface area (Å²) >= 11 is 0. The molecule has 1 saturated heterocycles. The predicted molar refractivity (Wildman–Crippen MR) is 164 cm³/mol. The molecule has 228 valence electrons. The zero-order valence-corrected chi connectivity index (χ0v) is 24.6. The van der Waals surface area contributed by atoms with E-state index in [4.69, 9.17) is 23.7 Å². The lowest BCUT2D eigenvalue weighted by Crippen LogP contribution is -2.65. The van der Waals surface area contributed by atoms with E-state index in [1.165, 1.54) is 6.92 Å². The molecule has 1 heterocycles. The minimum Gasteiger partial charge on any atom is -0.451 e. The van der Waals surface area contributed by atoms with Gasteiger partial charge in [0.2, 0.25) is 5.91 Å². The number of benzene rings is 4. The summed E-state index contributed by atoms with van der Waals surface area (Å²) in [6.45, 7) is 2.38. The second-order valence-corrected chi connectivity index (χ2v) is 10.6. The molecule has 1 fully saturated rings. The lowest BCUT2D eigenvalue weighted by Gasteiger charge is -2.45. The number of hydrogen-bond acceptors (Lipinski definition) is 7. The maximum atomic E-state index is 13.3. The van der Waals surface area contributed by atoms with Crippen molar-refractivity contribution in [2.24, 2.45) is 0 Å². The molecule has 1 aliphatic heterocycles. The van der Waals surface area contributed by atoms with Crippen LogP contribution in [0.4, 0.5) is 0 Å². The van der Waals surface area contributed by atoms with Gasteiger partial charge in [0.25, 0.3) is 0 Å². The van der Waals surface area contributed by atoms with Crippen molar-refractivity contribution in [3.8, 4) is 0 Å². The van der Waals surface area contributed by atoms with Gasteiger partial charge in [0, 0.05) is 6.92 Å². The number of ether oxygens (including phenoxy) is 5. The number of rotatable bonds is 13. The number of carbonyl (C=O) groups is 2. The molecule has 0 radical (unpaired) electrons. The number of esters is 1. The van der Waals surface area contributed by atoms with Gasteiger partial charge >= 0.3 is 5.97 Å². The van der Waals surface area contributed by atoms with Crippen LogP contribution in [0.25, 0.3) is 0 Å². The van der Waals surface area contributed by atoms with Crippen LogP contribution < -0.4 is 5.32 Å². The third-order valence-corrected chi connectivity index (χ3v) is 7.20. The summed E-state index contributed by atoms with van der Waals surface area (Å²) in [6.07, 6.45) is -4.23. The first-order valence-electron chi connectivity index (χ1n) is 14.7. The van der Waals surface area contributed by atoms with Crippen molar-refractivity contribution < 1.29 is 33.3 Å². The normalized spacial score (nSPS) is 21.3. The molecule has 5 atom stereocenters. The highest BCUT2D eigenvalue weighted by atomic mass is 16.6. The molecular formula is C36H37NO7. The third kappa shape index (κ3) is 8.84. The van der Waals surface area contributed by atoms with Crippen molar-refractivity contribution in [2.75, 3.05) is 6.61 Å². The second-order valence-electron chi connectivity index (χ2n) is 10.6. The van der Waals surface area contributed by atoms with E-state index < -0.39 is 36.6 Å². The Bertz CT molecular complexity index is 1440. The highest BCUT2D eigenvalue weighted by molar-refractivity contribution is 5.89. The Morgan fingerprint density at radius 1 is 0.636 bits per heavy atom. The Kier molecular flexibility index (Phi) is 11.3. The quantitative estimate of drug-likeness (QED) is 0.205. The van der Waals surface area contributed by atoms with Crippen LogP contribution >= 0.6 is 0 Å². The molecule has 1 aliphatic rings. The van der Waals surface area contributed by atoms with Crippen LogP contribution in [0.3, 0.4) is 0 Å². The molecule has 8 heteroatoms.